The number of hydrogen-bond acceptors (Lipinski definition) is 2. The summed E-state index contributed by atoms with van der Waals surface area (Å²) in [5, 5.41) is 3.06. The van der Waals surface area contributed by atoms with Gasteiger partial charge in [0.15, 0.2) is 0 Å². The SMILES string of the molecule is CCCC1CC(NCC(F)F)CN(C(C)C2CC2)C1. The van der Waals surface area contributed by atoms with Crippen LogP contribution in [0.3, 0.4) is 0 Å². The molecule has 0 bridgehead atoms. The van der Waals surface area contributed by atoms with Crippen LogP contribution in [0, 0.1) is 11.8 Å². The molecule has 2 fully saturated rings. The van der Waals surface area contributed by atoms with Crippen molar-refractivity contribution >= 4 is 0 Å². The second-order valence-electron chi connectivity index (χ2n) is 6.42. The van der Waals surface area contributed by atoms with Crippen LogP contribution < -0.4 is 5.32 Å². The van der Waals surface area contributed by atoms with Gasteiger partial charge in [-0.15, -0.1) is 0 Å². The lowest BCUT2D eigenvalue weighted by Crippen LogP contribution is -2.53. The molecule has 1 N–H and O–H groups in total. The van der Waals surface area contributed by atoms with Crippen LogP contribution in [0.1, 0.15) is 46.0 Å². The standard InChI is InChI=1S/C15H28F2N2/c1-3-4-12-7-14(18-8-15(16)17)10-19(9-12)11(2)13-5-6-13/h11-15,18H,3-10H2,1-2H3. The van der Waals surface area contributed by atoms with Crippen LogP contribution in [0.5, 0.6) is 0 Å². The predicted octanol–water partition coefficient (Wildman–Crippen LogP) is 3.13. The summed E-state index contributed by atoms with van der Waals surface area (Å²) in [6.07, 6.45) is 3.95. The quantitative estimate of drug-likeness (QED) is 0.767. The highest BCUT2D eigenvalue weighted by molar-refractivity contribution is 4.91. The highest BCUT2D eigenvalue weighted by atomic mass is 19.3. The Morgan fingerprint density at radius 1 is 1.26 bits per heavy atom. The van der Waals surface area contributed by atoms with Gasteiger partial charge in [-0.25, -0.2) is 8.78 Å². The Morgan fingerprint density at radius 3 is 2.58 bits per heavy atom. The zero-order valence-corrected chi connectivity index (χ0v) is 12.2. The third kappa shape index (κ3) is 4.67. The molecule has 112 valence electrons. The molecular weight excluding hydrogens is 246 g/mol. The molecular formula is C15H28F2N2. The predicted molar refractivity (Wildman–Crippen MR) is 74.6 cm³/mol. The molecule has 0 aromatic carbocycles. The Kier molecular flexibility index (Phi) is 5.58. The Morgan fingerprint density at radius 2 is 2.00 bits per heavy atom. The first-order valence-electron chi connectivity index (χ1n) is 7.85. The van der Waals surface area contributed by atoms with E-state index in [1.807, 2.05) is 0 Å². The van der Waals surface area contributed by atoms with Crippen molar-refractivity contribution in [2.24, 2.45) is 11.8 Å². The van der Waals surface area contributed by atoms with Gasteiger partial charge in [0.05, 0.1) is 6.54 Å². The van der Waals surface area contributed by atoms with E-state index < -0.39 is 6.43 Å². The fourth-order valence-electron chi connectivity index (χ4n) is 3.47. The summed E-state index contributed by atoms with van der Waals surface area (Å²) in [5.41, 5.74) is 0. The number of alkyl halides is 2. The third-order valence-corrected chi connectivity index (χ3v) is 4.70. The van der Waals surface area contributed by atoms with E-state index >= 15 is 0 Å². The summed E-state index contributed by atoms with van der Waals surface area (Å²) in [4.78, 5) is 2.55. The molecule has 1 aliphatic heterocycles. The normalized spacial score (nSPS) is 30.8. The average molecular weight is 274 g/mol. The van der Waals surface area contributed by atoms with Crippen molar-refractivity contribution in [3.05, 3.63) is 0 Å². The Bertz CT molecular complexity index is 269. The summed E-state index contributed by atoms with van der Waals surface area (Å²) < 4.78 is 24.7. The summed E-state index contributed by atoms with van der Waals surface area (Å²) in [6, 6.07) is 0.885. The average Bonchev–Trinajstić information content (AvgIpc) is 3.20. The molecule has 2 rings (SSSR count). The van der Waals surface area contributed by atoms with Gasteiger partial charge in [-0.05, 0) is 44.4 Å². The van der Waals surface area contributed by atoms with E-state index in [4.69, 9.17) is 0 Å². The molecule has 0 spiro atoms. The highest BCUT2D eigenvalue weighted by Crippen LogP contribution is 2.37. The minimum Gasteiger partial charge on any atom is -0.307 e. The van der Waals surface area contributed by atoms with Crippen LogP contribution >= 0.6 is 0 Å². The first kappa shape index (κ1) is 15.2. The molecule has 2 aliphatic rings. The second-order valence-corrected chi connectivity index (χ2v) is 6.42. The van der Waals surface area contributed by atoms with Gasteiger partial charge in [0.25, 0.3) is 6.43 Å². The molecule has 19 heavy (non-hydrogen) atoms. The number of likely N-dealkylation sites (tertiary alicyclic amines) is 1. The van der Waals surface area contributed by atoms with E-state index in [1.165, 1.54) is 32.2 Å². The Labute approximate surface area is 115 Å². The van der Waals surface area contributed by atoms with Gasteiger partial charge in [-0.1, -0.05) is 13.3 Å². The van der Waals surface area contributed by atoms with E-state index in [1.54, 1.807) is 0 Å². The topological polar surface area (TPSA) is 15.3 Å². The van der Waals surface area contributed by atoms with Crippen molar-refractivity contribution in [3.63, 3.8) is 0 Å². The molecule has 4 heteroatoms. The molecule has 2 nitrogen and oxygen atoms in total. The van der Waals surface area contributed by atoms with Crippen molar-refractivity contribution in [1.82, 2.24) is 10.2 Å². The summed E-state index contributed by atoms with van der Waals surface area (Å²) in [6.45, 7) is 6.49. The first-order chi connectivity index (χ1) is 9.10. The van der Waals surface area contributed by atoms with Gasteiger partial charge in [0.1, 0.15) is 0 Å². The van der Waals surface area contributed by atoms with Crippen LogP contribution in [0.25, 0.3) is 0 Å². The molecule has 0 aromatic heterocycles. The minimum atomic E-state index is -2.24. The zero-order chi connectivity index (χ0) is 13.8. The van der Waals surface area contributed by atoms with Crippen LogP contribution in [0.2, 0.25) is 0 Å². The van der Waals surface area contributed by atoms with Crippen LogP contribution in [0.4, 0.5) is 8.78 Å². The monoisotopic (exact) mass is 274 g/mol. The van der Waals surface area contributed by atoms with Crippen molar-refractivity contribution in [1.29, 1.82) is 0 Å². The van der Waals surface area contributed by atoms with Crippen LogP contribution in [-0.4, -0.2) is 43.0 Å². The van der Waals surface area contributed by atoms with E-state index in [9.17, 15) is 8.78 Å². The molecule has 1 heterocycles. The minimum absolute atomic E-state index is 0.158. The van der Waals surface area contributed by atoms with Crippen molar-refractivity contribution in [3.8, 4) is 0 Å². The molecule has 0 radical (unpaired) electrons. The highest BCUT2D eigenvalue weighted by Gasteiger charge is 2.36. The first-order valence-corrected chi connectivity index (χ1v) is 7.85. The van der Waals surface area contributed by atoms with Gasteiger partial charge in [0.2, 0.25) is 0 Å². The van der Waals surface area contributed by atoms with E-state index in [2.05, 4.69) is 24.1 Å². The lowest BCUT2D eigenvalue weighted by atomic mass is 9.89. The van der Waals surface area contributed by atoms with Crippen LogP contribution in [-0.2, 0) is 0 Å². The van der Waals surface area contributed by atoms with Gasteiger partial charge < -0.3 is 5.32 Å². The Hall–Kier alpha value is -0.220. The maximum Gasteiger partial charge on any atom is 0.250 e. The number of rotatable bonds is 7. The molecule has 3 atom stereocenters. The van der Waals surface area contributed by atoms with Crippen molar-refractivity contribution in [2.75, 3.05) is 19.6 Å². The van der Waals surface area contributed by atoms with Gasteiger partial charge >= 0.3 is 0 Å². The van der Waals surface area contributed by atoms with E-state index in [0.717, 1.165) is 18.9 Å². The largest absolute Gasteiger partial charge is 0.307 e. The summed E-state index contributed by atoms with van der Waals surface area (Å²) >= 11 is 0. The van der Waals surface area contributed by atoms with E-state index in [0.29, 0.717) is 12.0 Å². The van der Waals surface area contributed by atoms with Crippen molar-refractivity contribution in [2.45, 2.75) is 64.5 Å². The van der Waals surface area contributed by atoms with Gasteiger partial charge in [-0.3, -0.25) is 4.90 Å². The smallest absolute Gasteiger partial charge is 0.250 e. The number of nitrogens with zero attached hydrogens (tertiary/aromatic N) is 1. The summed E-state index contributed by atoms with van der Waals surface area (Å²) in [5.74, 6) is 1.53. The number of nitrogens with one attached hydrogen (secondary N) is 1. The van der Waals surface area contributed by atoms with Gasteiger partial charge in [-0.2, -0.15) is 0 Å². The number of piperidine rings is 1. The molecule has 3 unspecified atom stereocenters. The molecule has 1 saturated heterocycles. The maximum atomic E-state index is 12.4. The Balaban J connectivity index is 1.87. The molecule has 1 aliphatic carbocycles. The fraction of sp³-hybridized carbons (Fsp3) is 1.00. The number of hydrogen-bond donors (Lipinski definition) is 1. The fourth-order valence-corrected chi connectivity index (χ4v) is 3.47. The molecule has 1 saturated carbocycles. The maximum absolute atomic E-state index is 12.4. The lowest BCUT2D eigenvalue weighted by molar-refractivity contribution is 0.0781. The van der Waals surface area contributed by atoms with Crippen molar-refractivity contribution < 1.29 is 8.78 Å². The molecule has 0 amide bonds. The lowest BCUT2D eigenvalue weighted by Gasteiger charge is -2.41. The summed E-state index contributed by atoms with van der Waals surface area (Å²) in [7, 11) is 0. The third-order valence-electron chi connectivity index (χ3n) is 4.70. The molecule has 0 aromatic rings. The zero-order valence-electron chi connectivity index (χ0n) is 12.2. The van der Waals surface area contributed by atoms with Gasteiger partial charge in [0, 0.05) is 25.2 Å². The van der Waals surface area contributed by atoms with Crippen LogP contribution in [0.15, 0.2) is 0 Å². The number of halogens is 2. The van der Waals surface area contributed by atoms with E-state index in [-0.39, 0.29) is 12.6 Å². The second kappa shape index (κ2) is 6.98.